The molecule has 2 aromatic rings. The van der Waals surface area contributed by atoms with Gasteiger partial charge in [0.05, 0.1) is 13.2 Å². The van der Waals surface area contributed by atoms with Crippen LogP contribution in [0.1, 0.15) is 5.56 Å². The van der Waals surface area contributed by atoms with Gasteiger partial charge in [0.25, 0.3) is 0 Å². The molecule has 2 N–H and O–H groups in total. The Morgan fingerprint density at radius 3 is 2.17 bits per heavy atom. The molecule has 0 saturated carbocycles. The van der Waals surface area contributed by atoms with E-state index in [2.05, 4.69) is 0 Å². The summed E-state index contributed by atoms with van der Waals surface area (Å²) >= 11 is 0. The average Bonchev–Trinajstić information content (AvgIpc) is 2.42. The molecule has 0 amide bonds. The summed E-state index contributed by atoms with van der Waals surface area (Å²) in [6, 6.07) is 17.6. The van der Waals surface area contributed by atoms with E-state index in [1.165, 1.54) is 0 Å². The minimum absolute atomic E-state index is 0.551. The largest absolute Gasteiger partial charge is 0.457 e. The zero-order chi connectivity index (χ0) is 12.6. The van der Waals surface area contributed by atoms with E-state index in [0.717, 1.165) is 17.1 Å². The van der Waals surface area contributed by atoms with Crippen LogP contribution < -0.4 is 10.5 Å². The van der Waals surface area contributed by atoms with Crippen LogP contribution in [-0.4, -0.2) is 13.2 Å². The molecule has 0 fully saturated rings. The van der Waals surface area contributed by atoms with Crippen LogP contribution in [0.4, 0.5) is 0 Å². The highest BCUT2D eigenvalue weighted by Crippen LogP contribution is 2.21. The molecule has 2 aromatic carbocycles. The van der Waals surface area contributed by atoms with Gasteiger partial charge in [0.1, 0.15) is 11.5 Å². The molecule has 2 rings (SSSR count). The van der Waals surface area contributed by atoms with Crippen molar-refractivity contribution < 1.29 is 9.47 Å². The van der Waals surface area contributed by atoms with Crippen LogP contribution in [0.25, 0.3) is 0 Å². The van der Waals surface area contributed by atoms with Crippen LogP contribution in [0.5, 0.6) is 11.5 Å². The molecule has 0 radical (unpaired) electrons. The van der Waals surface area contributed by atoms with E-state index in [-0.39, 0.29) is 0 Å². The molecule has 0 aromatic heterocycles. The van der Waals surface area contributed by atoms with Gasteiger partial charge in [-0.1, -0.05) is 30.3 Å². The van der Waals surface area contributed by atoms with Gasteiger partial charge in [0.15, 0.2) is 0 Å². The molecule has 0 heterocycles. The van der Waals surface area contributed by atoms with Crippen molar-refractivity contribution in [3.63, 3.8) is 0 Å². The van der Waals surface area contributed by atoms with Crippen molar-refractivity contribution in [2.75, 3.05) is 13.2 Å². The summed E-state index contributed by atoms with van der Waals surface area (Å²) < 4.78 is 11.1. The lowest BCUT2D eigenvalue weighted by molar-refractivity contribution is 0.128. The third-order valence-corrected chi connectivity index (χ3v) is 2.43. The van der Waals surface area contributed by atoms with Crippen molar-refractivity contribution in [3.8, 4) is 11.5 Å². The van der Waals surface area contributed by atoms with Gasteiger partial charge in [-0.3, -0.25) is 0 Å². The van der Waals surface area contributed by atoms with E-state index in [1.807, 2.05) is 54.6 Å². The van der Waals surface area contributed by atoms with Crippen LogP contribution in [-0.2, 0) is 11.3 Å². The Balaban J connectivity index is 1.91. The molecule has 0 spiro atoms. The normalized spacial score (nSPS) is 10.3. The highest BCUT2D eigenvalue weighted by Gasteiger charge is 1.97. The topological polar surface area (TPSA) is 44.5 Å². The molecule has 0 aliphatic carbocycles. The van der Waals surface area contributed by atoms with Crippen LogP contribution in [0.3, 0.4) is 0 Å². The maximum absolute atomic E-state index is 5.70. The standard InChI is InChI=1S/C15H17NO2/c16-10-11-17-12-13-6-8-15(9-7-13)18-14-4-2-1-3-5-14/h1-9H,10-12,16H2. The first-order chi connectivity index (χ1) is 8.88. The number of nitrogens with two attached hydrogens (primary N) is 1. The number of hydrogen-bond acceptors (Lipinski definition) is 3. The summed E-state index contributed by atoms with van der Waals surface area (Å²) in [6.07, 6.45) is 0. The minimum atomic E-state index is 0.551. The predicted octanol–water partition coefficient (Wildman–Crippen LogP) is 2.95. The predicted molar refractivity (Wildman–Crippen MR) is 71.7 cm³/mol. The third-order valence-electron chi connectivity index (χ3n) is 2.43. The Hall–Kier alpha value is -1.84. The molecule has 3 nitrogen and oxygen atoms in total. The Morgan fingerprint density at radius 1 is 0.833 bits per heavy atom. The molecular formula is C15H17NO2. The van der Waals surface area contributed by atoms with Gasteiger partial charge in [0, 0.05) is 6.54 Å². The van der Waals surface area contributed by atoms with E-state index in [4.69, 9.17) is 15.2 Å². The van der Waals surface area contributed by atoms with E-state index in [1.54, 1.807) is 0 Å². The lowest BCUT2D eigenvalue weighted by atomic mass is 10.2. The van der Waals surface area contributed by atoms with E-state index in [0.29, 0.717) is 19.8 Å². The molecule has 0 bridgehead atoms. The molecule has 94 valence electrons. The fraction of sp³-hybridized carbons (Fsp3) is 0.200. The minimum Gasteiger partial charge on any atom is -0.457 e. The number of para-hydroxylation sites is 1. The van der Waals surface area contributed by atoms with E-state index >= 15 is 0 Å². The highest BCUT2D eigenvalue weighted by molar-refractivity contribution is 5.32. The first-order valence-electron chi connectivity index (χ1n) is 5.98. The van der Waals surface area contributed by atoms with Gasteiger partial charge in [-0.15, -0.1) is 0 Å². The molecule has 0 unspecified atom stereocenters. The van der Waals surface area contributed by atoms with Crippen molar-refractivity contribution in [3.05, 3.63) is 60.2 Å². The summed E-state index contributed by atoms with van der Waals surface area (Å²) in [6.45, 7) is 1.72. The van der Waals surface area contributed by atoms with Gasteiger partial charge in [-0.05, 0) is 29.8 Å². The Bertz CT molecular complexity index is 454. The Morgan fingerprint density at radius 2 is 1.50 bits per heavy atom. The molecule has 3 heteroatoms. The van der Waals surface area contributed by atoms with E-state index in [9.17, 15) is 0 Å². The quantitative estimate of drug-likeness (QED) is 0.793. The third kappa shape index (κ3) is 3.87. The van der Waals surface area contributed by atoms with Crippen molar-refractivity contribution in [2.24, 2.45) is 5.73 Å². The van der Waals surface area contributed by atoms with Crippen molar-refractivity contribution in [1.82, 2.24) is 0 Å². The Kier molecular flexibility index (Phi) is 4.76. The number of rotatable bonds is 6. The highest BCUT2D eigenvalue weighted by atomic mass is 16.5. The summed E-state index contributed by atoms with van der Waals surface area (Å²) in [5.74, 6) is 1.66. The van der Waals surface area contributed by atoms with Crippen molar-refractivity contribution in [1.29, 1.82) is 0 Å². The first-order valence-corrected chi connectivity index (χ1v) is 5.98. The lowest BCUT2D eigenvalue weighted by Crippen LogP contribution is -2.08. The van der Waals surface area contributed by atoms with Crippen LogP contribution in [0.15, 0.2) is 54.6 Å². The molecule has 0 aliphatic heterocycles. The Labute approximate surface area is 107 Å². The fourth-order valence-electron chi connectivity index (χ4n) is 1.55. The van der Waals surface area contributed by atoms with Gasteiger partial charge in [0.2, 0.25) is 0 Å². The summed E-state index contributed by atoms with van der Waals surface area (Å²) in [4.78, 5) is 0. The number of ether oxygens (including phenoxy) is 2. The number of benzene rings is 2. The molecule has 0 aliphatic rings. The second kappa shape index (κ2) is 6.79. The summed E-state index contributed by atoms with van der Waals surface area (Å²) in [5.41, 5.74) is 6.47. The maximum atomic E-state index is 5.70. The van der Waals surface area contributed by atoms with Crippen LogP contribution >= 0.6 is 0 Å². The lowest BCUT2D eigenvalue weighted by Gasteiger charge is -2.07. The average molecular weight is 243 g/mol. The smallest absolute Gasteiger partial charge is 0.127 e. The molecular weight excluding hydrogens is 226 g/mol. The van der Waals surface area contributed by atoms with Gasteiger partial charge in [-0.2, -0.15) is 0 Å². The first kappa shape index (κ1) is 12.6. The van der Waals surface area contributed by atoms with Crippen LogP contribution in [0, 0.1) is 0 Å². The molecule has 0 atom stereocenters. The van der Waals surface area contributed by atoms with Crippen molar-refractivity contribution in [2.45, 2.75) is 6.61 Å². The molecule has 0 saturated heterocycles. The van der Waals surface area contributed by atoms with Crippen LogP contribution in [0.2, 0.25) is 0 Å². The summed E-state index contributed by atoms with van der Waals surface area (Å²) in [7, 11) is 0. The zero-order valence-electron chi connectivity index (χ0n) is 10.2. The second-order valence-electron chi connectivity index (χ2n) is 3.90. The van der Waals surface area contributed by atoms with Crippen molar-refractivity contribution >= 4 is 0 Å². The SMILES string of the molecule is NCCOCc1ccc(Oc2ccccc2)cc1. The zero-order valence-corrected chi connectivity index (χ0v) is 10.2. The number of hydrogen-bond donors (Lipinski definition) is 1. The monoisotopic (exact) mass is 243 g/mol. The van der Waals surface area contributed by atoms with E-state index < -0.39 is 0 Å². The maximum Gasteiger partial charge on any atom is 0.127 e. The molecule has 18 heavy (non-hydrogen) atoms. The second-order valence-corrected chi connectivity index (χ2v) is 3.90. The van der Waals surface area contributed by atoms with Gasteiger partial charge < -0.3 is 15.2 Å². The van der Waals surface area contributed by atoms with Gasteiger partial charge in [-0.25, -0.2) is 0 Å². The summed E-state index contributed by atoms with van der Waals surface area (Å²) in [5, 5.41) is 0. The van der Waals surface area contributed by atoms with Gasteiger partial charge >= 0.3 is 0 Å². The fourth-order valence-corrected chi connectivity index (χ4v) is 1.55.